The third kappa shape index (κ3) is 3.82. The van der Waals surface area contributed by atoms with Gasteiger partial charge < -0.3 is 5.73 Å². The Kier molecular flexibility index (Phi) is 5.41. The third-order valence-corrected chi connectivity index (χ3v) is 6.47. The molecule has 0 amide bonds. The smallest absolute Gasteiger partial charge is 0.0335 e. The van der Waals surface area contributed by atoms with Gasteiger partial charge in [-0.3, -0.25) is 4.90 Å². The van der Waals surface area contributed by atoms with Gasteiger partial charge in [0.05, 0.1) is 0 Å². The largest absolute Gasteiger partial charge is 0.329 e. The molecule has 0 bridgehead atoms. The highest BCUT2D eigenvalue weighted by atomic mass is 15.3. The Bertz CT molecular complexity index is 322. The molecule has 124 valence electrons. The molecule has 0 aromatic heterocycles. The molecule has 2 saturated carbocycles. The standard InChI is InChI=1S/C19H38N2/c1-6-18(4,5)16-9-11-19(14-20,12-10-16)21(13-15(2)3)17-7-8-17/h15-17H,6-14,20H2,1-5H3. The quantitative estimate of drug-likeness (QED) is 0.752. The van der Waals surface area contributed by atoms with Crippen LogP contribution in [0.25, 0.3) is 0 Å². The third-order valence-electron chi connectivity index (χ3n) is 6.47. The number of hydrogen-bond donors (Lipinski definition) is 1. The van der Waals surface area contributed by atoms with Gasteiger partial charge >= 0.3 is 0 Å². The summed E-state index contributed by atoms with van der Waals surface area (Å²) < 4.78 is 0. The highest BCUT2D eigenvalue weighted by molar-refractivity contribution is 5.03. The summed E-state index contributed by atoms with van der Waals surface area (Å²) in [5, 5.41) is 0. The fraction of sp³-hybridized carbons (Fsp3) is 1.00. The van der Waals surface area contributed by atoms with Crippen LogP contribution in [0.15, 0.2) is 0 Å². The lowest BCUT2D eigenvalue weighted by Crippen LogP contribution is -2.58. The second kappa shape index (κ2) is 6.58. The lowest BCUT2D eigenvalue weighted by molar-refractivity contribution is 0.00423. The number of nitrogens with zero attached hydrogens (tertiary/aromatic N) is 1. The fourth-order valence-electron chi connectivity index (χ4n) is 4.34. The maximum atomic E-state index is 6.33. The molecule has 21 heavy (non-hydrogen) atoms. The van der Waals surface area contributed by atoms with Crippen LogP contribution in [0.4, 0.5) is 0 Å². The second-order valence-corrected chi connectivity index (χ2v) is 8.82. The predicted molar refractivity (Wildman–Crippen MR) is 92.4 cm³/mol. The topological polar surface area (TPSA) is 29.3 Å². The van der Waals surface area contributed by atoms with E-state index in [1.807, 2.05) is 0 Å². The molecule has 2 fully saturated rings. The first-order valence-electron chi connectivity index (χ1n) is 9.31. The maximum Gasteiger partial charge on any atom is 0.0335 e. The van der Waals surface area contributed by atoms with Gasteiger partial charge in [-0.05, 0) is 55.8 Å². The monoisotopic (exact) mass is 294 g/mol. The minimum Gasteiger partial charge on any atom is -0.329 e. The van der Waals surface area contributed by atoms with Crippen molar-refractivity contribution >= 4 is 0 Å². The minimum atomic E-state index is 0.311. The van der Waals surface area contributed by atoms with Crippen molar-refractivity contribution < 1.29 is 0 Å². The zero-order chi connectivity index (χ0) is 15.7. The summed E-state index contributed by atoms with van der Waals surface area (Å²) in [7, 11) is 0. The summed E-state index contributed by atoms with van der Waals surface area (Å²) in [4.78, 5) is 2.83. The van der Waals surface area contributed by atoms with Gasteiger partial charge in [0.15, 0.2) is 0 Å². The van der Waals surface area contributed by atoms with Gasteiger partial charge in [-0.25, -0.2) is 0 Å². The summed E-state index contributed by atoms with van der Waals surface area (Å²) in [6.45, 7) is 14.1. The SMILES string of the molecule is CCC(C)(C)C1CCC(CN)(N(CC(C)C)C2CC2)CC1. The fourth-order valence-corrected chi connectivity index (χ4v) is 4.34. The molecular formula is C19H38N2. The van der Waals surface area contributed by atoms with E-state index in [1.54, 1.807) is 0 Å². The van der Waals surface area contributed by atoms with Crippen molar-refractivity contribution in [1.82, 2.24) is 4.90 Å². The van der Waals surface area contributed by atoms with Gasteiger partial charge in [-0.2, -0.15) is 0 Å². The molecule has 0 aromatic carbocycles. The van der Waals surface area contributed by atoms with Crippen molar-refractivity contribution in [2.75, 3.05) is 13.1 Å². The van der Waals surface area contributed by atoms with Crippen molar-refractivity contribution in [3.63, 3.8) is 0 Å². The summed E-state index contributed by atoms with van der Waals surface area (Å²) in [5.41, 5.74) is 7.14. The van der Waals surface area contributed by atoms with Gasteiger partial charge in [-0.1, -0.05) is 41.0 Å². The van der Waals surface area contributed by atoms with Crippen LogP contribution in [0.5, 0.6) is 0 Å². The lowest BCUT2D eigenvalue weighted by atomic mass is 9.65. The Morgan fingerprint density at radius 2 is 1.71 bits per heavy atom. The van der Waals surface area contributed by atoms with Crippen LogP contribution >= 0.6 is 0 Å². The van der Waals surface area contributed by atoms with E-state index < -0.39 is 0 Å². The molecular weight excluding hydrogens is 256 g/mol. The van der Waals surface area contributed by atoms with E-state index in [0.29, 0.717) is 11.0 Å². The Morgan fingerprint density at radius 3 is 2.10 bits per heavy atom. The summed E-state index contributed by atoms with van der Waals surface area (Å²) in [6, 6.07) is 0.840. The minimum absolute atomic E-state index is 0.311. The number of nitrogens with two attached hydrogens (primary N) is 1. The summed E-state index contributed by atoms with van der Waals surface area (Å²) in [5.74, 6) is 1.64. The van der Waals surface area contributed by atoms with Crippen molar-refractivity contribution in [3.8, 4) is 0 Å². The number of hydrogen-bond acceptors (Lipinski definition) is 2. The molecule has 0 radical (unpaired) electrons. The predicted octanol–water partition coefficient (Wildman–Crippen LogP) is 4.43. The molecule has 2 nitrogen and oxygen atoms in total. The Morgan fingerprint density at radius 1 is 1.14 bits per heavy atom. The van der Waals surface area contributed by atoms with Crippen LogP contribution in [0.1, 0.15) is 79.6 Å². The van der Waals surface area contributed by atoms with Crippen LogP contribution in [-0.2, 0) is 0 Å². The zero-order valence-electron chi connectivity index (χ0n) is 15.1. The average Bonchev–Trinajstić information content (AvgIpc) is 3.29. The van der Waals surface area contributed by atoms with Crippen LogP contribution in [0, 0.1) is 17.3 Å². The normalized spacial score (nSPS) is 31.1. The average molecular weight is 295 g/mol. The van der Waals surface area contributed by atoms with Crippen LogP contribution in [0.2, 0.25) is 0 Å². The van der Waals surface area contributed by atoms with Crippen LogP contribution < -0.4 is 5.73 Å². The maximum absolute atomic E-state index is 6.33. The molecule has 2 rings (SSSR count). The van der Waals surface area contributed by atoms with E-state index in [1.165, 1.54) is 51.5 Å². The first kappa shape index (κ1) is 17.3. The van der Waals surface area contributed by atoms with E-state index in [-0.39, 0.29) is 0 Å². The lowest BCUT2D eigenvalue weighted by Gasteiger charge is -2.51. The molecule has 0 aromatic rings. The molecule has 0 unspecified atom stereocenters. The van der Waals surface area contributed by atoms with Crippen LogP contribution in [0.3, 0.4) is 0 Å². The van der Waals surface area contributed by atoms with E-state index >= 15 is 0 Å². The molecule has 0 saturated heterocycles. The molecule has 2 N–H and O–H groups in total. The molecule has 0 spiro atoms. The number of rotatable bonds is 7. The van der Waals surface area contributed by atoms with E-state index in [2.05, 4.69) is 39.5 Å². The van der Waals surface area contributed by atoms with Crippen molar-refractivity contribution in [3.05, 3.63) is 0 Å². The van der Waals surface area contributed by atoms with Crippen molar-refractivity contribution in [2.45, 2.75) is 91.1 Å². The molecule has 2 heteroatoms. The van der Waals surface area contributed by atoms with Crippen molar-refractivity contribution in [2.24, 2.45) is 23.0 Å². The van der Waals surface area contributed by atoms with E-state index in [0.717, 1.165) is 24.4 Å². The van der Waals surface area contributed by atoms with Crippen LogP contribution in [-0.4, -0.2) is 29.6 Å². The van der Waals surface area contributed by atoms with E-state index in [9.17, 15) is 0 Å². The van der Waals surface area contributed by atoms with Gasteiger partial charge in [-0.15, -0.1) is 0 Å². The van der Waals surface area contributed by atoms with Gasteiger partial charge in [0.25, 0.3) is 0 Å². The highest BCUT2D eigenvalue weighted by Crippen LogP contribution is 2.47. The van der Waals surface area contributed by atoms with Gasteiger partial charge in [0, 0.05) is 24.7 Å². The molecule has 0 heterocycles. The Labute approximate surface area is 132 Å². The molecule has 0 aliphatic heterocycles. The highest BCUT2D eigenvalue weighted by Gasteiger charge is 2.46. The molecule has 0 atom stereocenters. The second-order valence-electron chi connectivity index (χ2n) is 8.82. The Hall–Kier alpha value is -0.0800. The molecule has 2 aliphatic carbocycles. The van der Waals surface area contributed by atoms with E-state index in [4.69, 9.17) is 5.73 Å². The summed E-state index contributed by atoms with van der Waals surface area (Å²) >= 11 is 0. The first-order valence-corrected chi connectivity index (χ1v) is 9.31. The summed E-state index contributed by atoms with van der Waals surface area (Å²) in [6.07, 6.45) is 9.49. The zero-order valence-corrected chi connectivity index (χ0v) is 15.1. The Balaban J connectivity index is 2.06. The molecule has 2 aliphatic rings. The first-order chi connectivity index (χ1) is 9.84. The van der Waals surface area contributed by atoms with Gasteiger partial charge in [0.1, 0.15) is 0 Å². The van der Waals surface area contributed by atoms with Crippen molar-refractivity contribution in [1.29, 1.82) is 0 Å². The van der Waals surface area contributed by atoms with Gasteiger partial charge in [0.2, 0.25) is 0 Å².